The number of benzene rings is 1. The topological polar surface area (TPSA) is 76.2 Å². The molecule has 0 aliphatic carbocycles. The summed E-state index contributed by atoms with van der Waals surface area (Å²) in [4.78, 5) is 39.4. The Morgan fingerprint density at radius 2 is 1.89 bits per heavy atom. The van der Waals surface area contributed by atoms with Crippen LogP contribution in [0.4, 0.5) is 9.18 Å². The van der Waals surface area contributed by atoms with Gasteiger partial charge in [0.25, 0.3) is 5.91 Å². The maximum atomic E-state index is 14.1. The second kappa shape index (κ2) is 9.89. The van der Waals surface area contributed by atoms with Gasteiger partial charge in [-0.05, 0) is 31.9 Å². The number of hydrogen-bond acceptors (Lipinski definition) is 5. The van der Waals surface area contributed by atoms with Crippen LogP contribution in [0.25, 0.3) is 0 Å². The molecule has 0 N–H and O–H groups in total. The van der Waals surface area contributed by atoms with Crippen LogP contribution in [0.3, 0.4) is 0 Å². The summed E-state index contributed by atoms with van der Waals surface area (Å²) < 4.78 is 23.7. The average molecular weight is 380 g/mol. The fraction of sp³-hybridized carbons (Fsp3) is 0.526. The summed E-state index contributed by atoms with van der Waals surface area (Å²) in [7, 11) is 1.28. The Labute approximate surface area is 158 Å². The first-order chi connectivity index (χ1) is 13.0. The van der Waals surface area contributed by atoms with Crippen molar-refractivity contribution in [2.45, 2.75) is 32.2 Å². The van der Waals surface area contributed by atoms with Gasteiger partial charge in [-0.25, -0.2) is 9.18 Å². The monoisotopic (exact) mass is 380 g/mol. The lowest BCUT2D eigenvalue weighted by Gasteiger charge is -2.38. The van der Waals surface area contributed by atoms with Gasteiger partial charge in [-0.15, -0.1) is 0 Å². The Morgan fingerprint density at radius 3 is 2.48 bits per heavy atom. The summed E-state index contributed by atoms with van der Waals surface area (Å²) in [5, 5.41) is 0. The van der Waals surface area contributed by atoms with Crippen molar-refractivity contribution in [1.82, 2.24) is 9.80 Å². The predicted molar refractivity (Wildman–Crippen MR) is 95.7 cm³/mol. The highest BCUT2D eigenvalue weighted by Crippen LogP contribution is 2.21. The molecule has 0 unspecified atom stereocenters. The Bertz CT molecular complexity index is 674. The van der Waals surface area contributed by atoms with Crippen LogP contribution in [0, 0.1) is 5.82 Å². The highest BCUT2D eigenvalue weighted by atomic mass is 19.1. The number of esters is 1. The smallest absolute Gasteiger partial charge is 0.409 e. The number of halogens is 1. The van der Waals surface area contributed by atoms with E-state index in [1.54, 1.807) is 17.9 Å². The Hall–Kier alpha value is -2.64. The van der Waals surface area contributed by atoms with E-state index in [1.807, 2.05) is 0 Å². The third kappa shape index (κ3) is 5.42. The third-order valence-electron chi connectivity index (χ3n) is 4.58. The number of methoxy groups -OCH3 is 1. The molecular weight excluding hydrogens is 355 g/mol. The summed E-state index contributed by atoms with van der Waals surface area (Å²) in [5.41, 5.74) is -0.0322. The summed E-state index contributed by atoms with van der Waals surface area (Å²) in [6.45, 7) is 3.04. The van der Waals surface area contributed by atoms with E-state index in [4.69, 9.17) is 4.74 Å². The van der Waals surface area contributed by atoms with Gasteiger partial charge >= 0.3 is 12.1 Å². The minimum atomic E-state index is -0.602. The maximum absolute atomic E-state index is 14.1. The minimum Gasteiger partial charge on any atom is -0.469 e. The zero-order valence-corrected chi connectivity index (χ0v) is 15.7. The molecule has 0 spiro atoms. The van der Waals surface area contributed by atoms with Crippen molar-refractivity contribution in [2.75, 3.05) is 33.4 Å². The molecule has 27 heavy (non-hydrogen) atoms. The molecule has 1 aromatic carbocycles. The van der Waals surface area contributed by atoms with Gasteiger partial charge in [-0.1, -0.05) is 12.1 Å². The molecule has 0 atom stereocenters. The summed E-state index contributed by atoms with van der Waals surface area (Å²) in [6.07, 6.45) is 0.701. The van der Waals surface area contributed by atoms with E-state index in [9.17, 15) is 18.8 Å². The molecule has 0 saturated carbocycles. The van der Waals surface area contributed by atoms with Crippen molar-refractivity contribution in [2.24, 2.45) is 0 Å². The molecular formula is C19H25FN2O5. The number of likely N-dealkylation sites (tertiary alicyclic amines) is 1. The minimum absolute atomic E-state index is 0.0226. The normalized spacial score (nSPS) is 14.6. The summed E-state index contributed by atoms with van der Waals surface area (Å²) >= 11 is 0. The molecule has 1 saturated heterocycles. The summed E-state index contributed by atoms with van der Waals surface area (Å²) in [6, 6.07) is 5.57. The molecule has 148 valence electrons. The van der Waals surface area contributed by atoms with Crippen LogP contribution in [-0.4, -0.2) is 67.2 Å². The molecule has 1 aromatic rings. The van der Waals surface area contributed by atoms with E-state index in [2.05, 4.69) is 4.74 Å². The van der Waals surface area contributed by atoms with Crippen LogP contribution in [0.5, 0.6) is 0 Å². The third-order valence-corrected chi connectivity index (χ3v) is 4.58. The lowest BCUT2D eigenvalue weighted by atomic mass is 10.0. The van der Waals surface area contributed by atoms with Crippen LogP contribution in [-0.2, 0) is 14.3 Å². The molecule has 1 aliphatic heterocycles. The number of amides is 2. The quantitative estimate of drug-likeness (QED) is 0.709. The van der Waals surface area contributed by atoms with Crippen molar-refractivity contribution in [3.63, 3.8) is 0 Å². The van der Waals surface area contributed by atoms with E-state index < -0.39 is 17.7 Å². The zero-order chi connectivity index (χ0) is 19.8. The van der Waals surface area contributed by atoms with Gasteiger partial charge in [0.05, 0.1) is 25.7 Å². The predicted octanol–water partition coefficient (Wildman–Crippen LogP) is 2.45. The average Bonchev–Trinajstić information content (AvgIpc) is 2.68. The molecule has 2 amide bonds. The van der Waals surface area contributed by atoms with E-state index in [1.165, 1.54) is 30.2 Å². The van der Waals surface area contributed by atoms with Crippen molar-refractivity contribution in [3.8, 4) is 0 Å². The fourth-order valence-electron chi connectivity index (χ4n) is 3.13. The van der Waals surface area contributed by atoms with Gasteiger partial charge < -0.3 is 19.3 Å². The van der Waals surface area contributed by atoms with Gasteiger partial charge in [-0.3, -0.25) is 9.59 Å². The fourth-order valence-corrected chi connectivity index (χ4v) is 3.13. The number of carbonyl (C=O) groups is 3. The maximum Gasteiger partial charge on any atom is 0.409 e. The number of piperidine rings is 1. The molecule has 8 heteroatoms. The molecule has 0 radical (unpaired) electrons. The molecule has 1 heterocycles. The van der Waals surface area contributed by atoms with Gasteiger partial charge in [-0.2, -0.15) is 0 Å². The highest BCUT2D eigenvalue weighted by Gasteiger charge is 2.31. The van der Waals surface area contributed by atoms with Crippen LogP contribution >= 0.6 is 0 Å². The van der Waals surface area contributed by atoms with E-state index in [0.717, 1.165) is 0 Å². The second-order valence-corrected chi connectivity index (χ2v) is 6.22. The first kappa shape index (κ1) is 20.7. The SMILES string of the molecule is CCOC(=O)N1CCC(N(CCC(=O)OC)C(=O)c2ccccc2F)CC1. The van der Waals surface area contributed by atoms with Crippen LogP contribution in [0.15, 0.2) is 24.3 Å². The Kier molecular flexibility index (Phi) is 7.57. The number of hydrogen-bond donors (Lipinski definition) is 0. The van der Waals surface area contributed by atoms with E-state index >= 15 is 0 Å². The molecule has 2 rings (SSSR count). The molecule has 0 aromatic heterocycles. The first-order valence-electron chi connectivity index (χ1n) is 9.02. The first-order valence-corrected chi connectivity index (χ1v) is 9.02. The number of ether oxygens (including phenoxy) is 2. The van der Waals surface area contributed by atoms with Crippen LogP contribution < -0.4 is 0 Å². The molecule has 7 nitrogen and oxygen atoms in total. The van der Waals surface area contributed by atoms with Gasteiger partial charge in [0, 0.05) is 25.7 Å². The Morgan fingerprint density at radius 1 is 1.22 bits per heavy atom. The van der Waals surface area contributed by atoms with Crippen LogP contribution in [0.2, 0.25) is 0 Å². The van der Waals surface area contributed by atoms with Crippen molar-refractivity contribution in [1.29, 1.82) is 0 Å². The van der Waals surface area contributed by atoms with Gasteiger partial charge in [0.15, 0.2) is 0 Å². The van der Waals surface area contributed by atoms with Crippen molar-refractivity contribution in [3.05, 3.63) is 35.6 Å². The number of carbonyl (C=O) groups excluding carboxylic acids is 3. The van der Waals surface area contributed by atoms with Gasteiger partial charge in [0.2, 0.25) is 0 Å². The highest BCUT2D eigenvalue weighted by molar-refractivity contribution is 5.95. The van der Waals surface area contributed by atoms with Gasteiger partial charge in [0.1, 0.15) is 5.82 Å². The number of nitrogens with zero attached hydrogens (tertiary/aromatic N) is 2. The largest absolute Gasteiger partial charge is 0.469 e. The second-order valence-electron chi connectivity index (χ2n) is 6.22. The molecule has 1 fully saturated rings. The molecule has 1 aliphatic rings. The van der Waals surface area contributed by atoms with E-state index in [0.29, 0.717) is 32.5 Å². The van der Waals surface area contributed by atoms with Crippen LogP contribution in [0.1, 0.15) is 36.5 Å². The summed E-state index contributed by atoms with van der Waals surface area (Å²) in [5.74, 6) is -1.51. The lowest BCUT2D eigenvalue weighted by molar-refractivity contribution is -0.140. The van der Waals surface area contributed by atoms with Crippen molar-refractivity contribution >= 4 is 18.0 Å². The standard InChI is InChI=1S/C19H25FN2O5/c1-3-27-19(25)21-11-8-14(9-12-21)22(13-10-17(23)26-2)18(24)15-6-4-5-7-16(15)20/h4-7,14H,3,8-13H2,1-2H3. The lowest BCUT2D eigenvalue weighted by Crippen LogP contribution is -2.49. The zero-order valence-electron chi connectivity index (χ0n) is 15.7. The van der Waals surface area contributed by atoms with E-state index in [-0.39, 0.29) is 30.7 Å². The van der Waals surface area contributed by atoms with Crippen molar-refractivity contribution < 1.29 is 28.2 Å². The molecule has 0 bridgehead atoms. The Balaban J connectivity index is 2.11. The number of rotatable bonds is 6.